The van der Waals surface area contributed by atoms with E-state index in [-0.39, 0.29) is 11.8 Å². The summed E-state index contributed by atoms with van der Waals surface area (Å²) in [6.45, 7) is 4.07. The van der Waals surface area contributed by atoms with Gasteiger partial charge >= 0.3 is 0 Å². The highest BCUT2D eigenvalue weighted by atomic mass is 35.5. The number of halogens is 1. The summed E-state index contributed by atoms with van der Waals surface area (Å²) >= 11 is 7.17. The summed E-state index contributed by atoms with van der Waals surface area (Å²) in [6.07, 6.45) is 0.877. The van der Waals surface area contributed by atoms with E-state index in [1.54, 1.807) is 36.3 Å². The first-order valence-electron chi connectivity index (χ1n) is 11.2. The van der Waals surface area contributed by atoms with E-state index >= 15 is 0 Å². The first-order chi connectivity index (χ1) is 16.1. The van der Waals surface area contributed by atoms with Crippen LogP contribution in [0.5, 0.6) is 0 Å². The SMILES string of the molecule is CC(C)(C(O)CO)S(=O)C1(CN2CCc3c(C(=O)NCc4ccc(Cl)cc4)csc3C2=O)CC1. The third-order valence-corrected chi connectivity index (χ3v) is 10.6. The number of nitrogens with one attached hydrogen (secondary N) is 1. The molecule has 3 N–H and O–H groups in total. The van der Waals surface area contributed by atoms with Crippen LogP contribution < -0.4 is 5.32 Å². The number of nitrogens with zero attached hydrogens (tertiary/aromatic N) is 1. The number of hydrogen-bond donors (Lipinski definition) is 3. The molecule has 0 radical (unpaired) electrons. The lowest BCUT2D eigenvalue weighted by Gasteiger charge is -2.36. The Balaban J connectivity index is 1.43. The maximum absolute atomic E-state index is 13.3. The van der Waals surface area contributed by atoms with E-state index in [2.05, 4.69) is 5.32 Å². The number of amides is 2. The lowest BCUT2D eigenvalue weighted by molar-refractivity contribution is 0.0693. The molecule has 1 aromatic heterocycles. The minimum Gasteiger partial charge on any atom is -0.394 e. The van der Waals surface area contributed by atoms with Gasteiger partial charge in [-0.05, 0) is 56.4 Å². The van der Waals surface area contributed by atoms with Gasteiger partial charge in [-0.15, -0.1) is 11.3 Å². The molecular weight excluding hydrogens is 496 g/mol. The number of carbonyl (C=O) groups is 2. The van der Waals surface area contributed by atoms with Gasteiger partial charge in [0.1, 0.15) is 0 Å². The first kappa shape index (κ1) is 25.3. The Morgan fingerprint density at radius 3 is 2.62 bits per heavy atom. The predicted octanol–water partition coefficient (Wildman–Crippen LogP) is 2.74. The molecule has 2 atom stereocenters. The van der Waals surface area contributed by atoms with Crippen molar-refractivity contribution in [1.29, 1.82) is 0 Å². The molecule has 2 aromatic rings. The molecule has 2 amide bonds. The minimum absolute atomic E-state index is 0.146. The second-order valence-electron chi connectivity index (χ2n) is 9.50. The zero-order valence-electron chi connectivity index (χ0n) is 19.2. The van der Waals surface area contributed by atoms with E-state index in [1.165, 1.54) is 11.3 Å². The Bertz CT molecular complexity index is 1110. The summed E-state index contributed by atoms with van der Waals surface area (Å²) in [5, 5.41) is 24.8. The standard InChI is InChI=1S/C24H29ClN2O5S2/c1-23(2,19(29)12-28)34(32)24(8-9-24)14-27-10-7-17-18(13-33-20(17)22(27)31)21(30)26-11-15-3-5-16(25)6-4-15/h3-6,13,19,28-29H,7-12,14H2,1-2H3,(H,26,30). The molecule has 1 fully saturated rings. The van der Waals surface area contributed by atoms with Crippen LogP contribution in [-0.4, -0.2) is 66.4 Å². The fraction of sp³-hybridized carbons (Fsp3) is 0.500. The fourth-order valence-electron chi connectivity index (χ4n) is 4.31. The molecule has 0 spiro atoms. The van der Waals surface area contributed by atoms with E-state index in [0.717, 1.165) is 11.1 Å². The Labute approximate surface area is 210 Å². The molecule has 2 unspecified atom stereocenters. The number of aliphatic hydroxyl groups excluding tert-OH is 2. The molecule has 1 aromatic carbocycles. The second-order valence-corrected chi connectivity index (χ2v) is 13.3. The normalized spacial score (nSPS) is 18.9. The highest BCUT2D eigenvalue weighted by molar-refractivity contribution is 7.88. The highest BCUT2D eigenvalue weighted by Crippen LogP contribution is 2.47. The second kappa shape index (κ2) is 9.70. The number of carbonyl (C=O) groups excluding carboxylic acids is 2. The summed E-state index contributed by atoms with van der Waals surface area (Å²) in [7, 11) is -1.43. The van der Waals surface area contributed by atoms with Crippen molar-refractivity contribution >= 4 is 45.6 Å². The average Bonchev–Trinajstić information content (AvgIpc) is 3.47. The molecule has 1 aliphatic carbocycles. The summed E-state index contributed by atoms with van der Waals surface area (Å²) in [5.41, 5.74) is 2.22. The summed E-state index contributed by atoms with van der Waals surface area (Å²) < 4.78 is 11.8. The minimum atomic E-state index is -1.43. The van der Waals surface area contributed by atoms with Crippen LogP contribution in [0.25, 0.3) is 0 Å². The van der Waals surface area contributed by atoms with E-state index in [0.29, 0.717) is 54.4 Å². The van der Waals surface area contributed by atoms with Gasteiger partial charge in [0.25, 0.3) is 11.8 Å². The van der Waals surface area contributed by atoms with Gasteiger partial charge in [0, 0.05) is 40.8 Å². The Kier molecular flexibility index (Phi) is 7.22. The zero-order valence-corrected chi connectivity index (χ0v) is 21.6. The summed E-state index contributed by atoms with van der Waals surface area (Å²) in [5.74, 6) is -0.361. The predicted molar refractivity (Wildman–Crippen MR) is 134 cm³/mol. The largest absolute Gasteiger partial charge is 0.394 e. The van der Waals surface area contributed by atoms with E-state index < -0.39 is 33.0 Å². The highest BCUT2D eigenvalue weighted by Gasteiger charge is 2.56. The van der Waals surface area contributed by atoms with Crippen LogP contribution in [0.15, 0.2) is 29.6 Å². The molecule has 34 heavy (non-hydrogen) atoms. The molecule has 0 saturated heterocycles. The molecule has 10 heteroatoms. The number of rotatable bonds is 9. The van der Waals surface area contributed by atoms with Gasteiger partial charge in [0.05, 0.1) is 32.6 Å². The van der Waals surface area contributed by atoms with E-state index in [1.807, 2.05) is 12.1 Å². The molecule has 0 bridgehead atoms. The number of thiophene rings is 1. The Morgan fingerprint density at radius 1 is 1.32 bits per heavy atom. The Hall–Kier alpha value is -1.78. The van der Waals surface area contributed by atoms with Crippen molar-refractivity contribution < 1.29 is 24.0 Å². The van der Waals surface area contributed by atoms with Crippen molar-refractivity contribution in [1.82, 2.24) is 10.2 Å². The van der Waals surface area contributed by atoms with Gasteiger partial charge in [0.15, 0.2) is 0 Å². The molecule has 2 heterocycles. The lowest BCUT2D eigenvalue weighted by Crippen LogP contribution is -2.51. The molecule has 1 aliphatic heterocycles. The summed E-state index contributed by atoms with van der Waals surface area (Å²) in [6, 6.07) is 7.25. The van der Waals surface area contributed by atoms with Gasteiger partial charge < -0.3 is 20.4 Å². The fourth-order valence-corrected chi connectivity index (χ4v) is 7.69. The number of fused-ring (bicyclic) bond motifs is 1. The monoisotopic (exact) mass is 524 g/mol. The van der Waals surface area contributed by atoms with E-state index in [4.69, 9.17) is 11.6 Å². The van der Waals surface area contributed by atoms with Gasteiger partial charge in [-0.1, -0.05) is 23.7 Å². The Morgan fingerprint density at radius 2 is 2.00 bits per heavy atom. The van der Waals surface area contributed by atoms with Crippen LogP contribution in [0.1, 0.15) is 57.8 Å². The van der Waals surface area contributed by atoms with Crippen LogP contribution in [0.2, 0.25) is 5.02 Å². The molecular formula is C24H29ClN2O5S2. The van der Waals surface area contributed by atoms with Crippen molar-refractivity contribution in [2.75, 3.05) is 19.7 Å². The van der Waals surface area contributed by atoms with Crippen LogP contribution in [0.4, 0.5) is 0 Å². The average molecular weight is 525 g/mol. The van der Waals surface area contributed by atoms with Crippen molar-refractivity contribution in [3.63, 3.8) is 0 Å². The van der Waals surface area contributed by atoms with Gasteiger partial charge in [-0.25, -0.2) is 0 Å². The van der Waals surface area contributed by atoms with Crippen LogP contribution in [-0.2, 0) is 23.8 Å². The van der Waals surface area contributed by atoms with Crippen molar-refractivity contribution in [3.05, 3.63) is 56.2 Å². The molecule has 7 nitrogen and oxygen atoms in total. The van der Waals surface area contributed by atoms with Gasteiger partial charge in [-0.3, -0.25) is 13.8 Å². The molecule has 1 saturated carbocycles. The van der Waals surface area contributed by atoms with Crippen molar-refractivity contribution in [2.45, 2.75) is 55.3 Å². The number of benzene rings is 1. The molecule has 184 valence electrons. The molecule has 4 rings (SSSR count). The van der Waals surface area contributed by atoms with E-state index in [9.17, 15) is 24.0 Å². The topological polar surface area (TPSA) is 107 Å². The molecule has 2 aliphatic rings. The summed E-state index contributed by atoms with van der Waals surface area (Å²) in [4.78, 5) is 28.3. The smallest absolute Gasteiger partial charge is 0.264 e. The van der Waals surface area contributed by atoms with Crippen LogP contribution >= 0.6 is 22.9 Å². The third-order valence-electron chi connectivity index (χ3n) is 6.75. The van der Waals surface area contributed by atoms with Crippen molar-refractivity contribution in [2.24, 2.45) is 0 Å². The maximum atomic E-state index is 13.3. The first-order valence-corrected chi connectivity index (χ1v) is 13.6. The lowest BCUT2D eigenvalue weighted by atomic mass is 10.0. The van der Waals surface area contributed by atoms with Gasteiger partial charge in [0.2, 0.25) is 0 Å². The van der Waals surface area contributed by atoms with Crippen molar-refractivity contribution in [3.8, 4) is 0 Å². The van der Waals surface area contributed by atoms with Crippen LogP contribution in [0.3, 0.4) is 0 Å². The third kappa shape index (κ3) is 4.81. The van der Waals surface area contributed by atoms with Gasteiger partial charge in [-0.2, -0.15) is 0 Å². The number of hydrogen-bond acceptors (Lipinski definition) is 6. The van der Waals surface area contributed by atoms with Crippen LogP contribution in [0, 0.1) is 0 Å². The quantitative estimate of drug-likeness (QED) is 0.467. The zero-order chi connectivity index (χ0) is 24.7. The number of aliphatic hydroxyl groups is 2. The maximum Gasteiger partial charge on any atom is 0.264 e.